The first-order valence-corrected chi connectivity index (χ1v) is 8.41. The maximum absolute atomic E-state index is 13.8. The van der Waals surface area contributed by atoms with Gasteiger partial charge in [-0.2, -0.15) is 0 Å². The van der Waals surface area contributed by atoms with Gasteiger partial charge in [0.25, 0.3) is 0 Å². The summed E-state index contributed by atoms with van der Waals surface area (Å²) in [5, 5.41) is 8.78. The molecule has 1 saturated carbocycles. The van der Waals surface area contributed by atoms with Crippen LogP contribution in [0.2, 0.25) is 0 Å². The second-order valence-electron chi connectivity index (χ2n) is 6.84. The molecule has 1 saturated heterocycles. The third kappa shape index (κ3) is 3.74. The highest BCUT2D eigenvalue weighted by molar-refractivity contribution is 5.83. The van der Waals surface area contributed by atoms with Crippen molar-refractivity contribution in [1.82, 2.24) is 4.90 Å². The van der Waals surface area contributed by atoms with Crippen LogP contribution in [-0.2, 0) is 9.59 Å². The quantitative estimate of drug-likeness (QED) is 0.898. The normalized spacial score (nSPS) is 26.2. The Bertz CT molecular complexity index is 649. The van der Waals surface area contributed by atoms with Crippen LogP contribution in [0, 0.1) is 23.5 Å². The Morgan fingerprint density at radius 2 is 2.08 bits per heavy atom. The summed E-state index contributed by atoms with van der Waals surface area (Å²) >= 11 is 0. The van der Waals surface area contributed by atoms with Crippen molar-refractivity contribution in [2.45, 2.75) is 38.0 Å². The largest absolute Gasteiger partial charge is 0.481 e. The smallest absolute Gasteiger partial charge is 0.303 e. The molecule has 1 aliphatic heterocycles. The van der Waals surface area contributed by atoms with Crippen LogP contribution >= 0.6 is 0 Å². The highest BCUT2D eigenvalue weighted by Gasteiger charge is 2.47. The van der Waals surface area contributed by atoms with E-state index in [4.69, 9.17) is 5.11 Å². The molecule has 1 aliphatic carbocycles. The first kappa shape index (κ1) is 16.9. The van der Waals surface area contributed by atoms with E-state index in [0.29, 0.717) is 31.5 Å². The summed E-state index contributed by atoms with van der Waals surface area (Å²) in [5.74, 6) is -2.18. The van der Waals surface area contributed by atoms with E-state index in [9.17, 15) is 18.4 Å². The van der Waals surface area contributed by atoms with Gasteiger partial charge in [0.2, 0.25) is 5.91 Å². The molecule has 0 aromatic heterocycles. The van der Waals surface area contributed by atoms with Crippen LogP contribution in [0.25, 0.3) is 0 Å². The third-order valence-corrected chi connectivity index (χ3v) is 5.07. The van der Waals surface area contributed by atoms with E-state index in [1.807, 2.05) is 0 Å². The Morgan fingerprint density at radius 3 is 2.79 bits per heavy atom. The lowest BCUT2D eigenvalue weighted by Gasteiger charge is -2.33. The fourth-order valence-corrected chi connectivity index (χ4v) is 3.68. The average molecular weight is 337 g/mol. The Kier molecular flexibility index (Phi) is 4.83. The zero-order valence-electron chi connectivity index (χ0n) is 13.4. The van der Waals surface area contributed by atoms with Gasteiger partial charge in [0, 0.05) is 31.5 Å². The molecule has 24 heavy (non-hydrogen) atoms. The number of rotatable bonds is 5. The van der Waals surface area contributed by atoms with Crippen molar-refractivity contribution in [2.24, 2.45) is 11.8 Å². The molecular weight excluding hydrogens is 316 g/mol. The fourth-order valence-electron chi connectivity index (χ4n) is 3.68. The SMILES string of the molecule is O=C(O)CCC1CCCN(C(=O)C2CC2c2ccc(F)cc2F)C1. The van der Waals surface area contributed by atoms with Gasteiger partial charge in [0.1, 0.15) is 11.6 Å². The van der Waals surface area contributed by atoms with E-state index in [1.165, 1.54) is 12.1 Å². The molecule has 2 aliphatic rings. The lowest BCUT2D eigenvalue weighted by molar-refractivity contribution is -0.137. The van der Waals surface area contributed by atoms with Crippen LogP contribution in [0.15, 0.2) is 18.2 Å². The minimum Gasteiger partial charge on any atom is -0.481 e. The van der Waals surface area contributed by atoms with Crippen LogP contribution in [0.4, 0.5) is 8.78 Å². The Hall–Kier alpha value is -1.98. The molecule has 3 unspecified atom stereocenters. The zero-order chi connectivity index (χ0) is 17.3. The molecule has 0 bridgehead atoms. The number of halogens is 2. The second kappa shape index (κ2) is 6.87. The number of carbonyl (C=O) groups excluding carboxylic acids is 1. The number of benzene rings is 1. The number of amides is 1. The zero-order valence-corrected chi connectivity index (χ0v) is 13.4. The first-order chi connectivity index (χ1) is 11.5. The second-order valence-corrected chi connectivity index (χ2v) is 6.84. The van der Waals surface area contributed by atoms with Gasteiger partial charge in [-0.25, -0.2) is 8.78 Å². The van der Waals surface area contributed by atoms with E-state index < -0.39 is 17.6 Å². The number of hydrogen-bond acceptors (Lipinski definition) is 2. The van der Waals surface area contributed by atoms with E-state index in [2.05, 4.69) is 0 Å². The molecule has 3 atom stereocenters. The topological polar surface area (TPSA) is 57.6 Å². The number of hydrogen-bond donors (Lipinski definition) is 1. The fraction of sp³-hybridized carbons (Fsp3) is 0.556. The third-order valence-electron chi connectivity index (χ3n) is 5.07. The summed E-state index contributed by atoms with van der Waals surface area (Å²) in [6, 6.07) is 3.51. The van der Waals surface area contributed by atoms with Crippen molar-refractivity contribution in [1.29, 1.82) is 0 Å². The number of nitrogens with zero attached hydrogens (tertiary/aromatic N) is 1. The van der Waals surface area contributed by atoms with Crippen molar-refractivity contribution in [2.75, 3.05) is 13.1 Å². The van der Waals surface area contributed by atoms with Crippen LogP contribution in [0.5, 0.6) is 0 Å². The Morgan fingerprint density at radius 1 is 1.29 bits per heavy atom. The molecule has 3 rings (SSSR count). The minimum atomic E-state index is -0.813. The van der Waals surface area contributed by atoms with E-state index in [-0.39, 0.29) is 30.1 Å². The molecule has 2 fully saturated rings. The molecule has 130 valence electrons. The maximum atomic E-state index is 13.8. The molecule has 4 nitrogen and oxygen atoms in total. The van der Waals surface area contributed by atoms with Crippen molar-refractivity contribution >= 4 is 11.9 Å². The van der Waals surface area contributed by atoms with Crippen LogP contribution in [-0.4, -0.2) is 35.0 Å². The minimum absolute atomic E-state index is 0.0174. The monoisotopic (exact) mass is 337 g/mol. The van der Waals surface area contributed by atoms with Gasteiger partial charge < -0.3 is 10.0 Å². The summed E-state index contributed by atoms with van der Waals surface area (Å²) in [5.41, 5.74) is 0.411. The molecule has 1 aromatic rings. The summed E-state index contributed by atoms with van der Waals surface area (Å²) < 4.78 is 26.8. The van der Waals surface area contributed by atoms with E-state index in [0.717, 1.165) is 18.9 Å². The van der Waals surface area contributed by atoms with E-state index >= 15 is 0 Å². The lowest BCUT2D eigenvalue weighted by atomic mass is 9.93. The van der Waals surface area contributed by atoms with Gasteiger partial charge in [-0.3, -0.25) is 9.59 Å². The number of carboxylic acid groups (broad SMARTS) is 1. The predicted molar refractivity (Wildman–Crippen MR) is 83.4 cm³/mol. The standard InChI is InChI=1S/C18H21F2NO3/c19-12-4-5-13(16(20)8-12)14-9-15(14)18(24)21-7-1-2-11(10-21)3-6-17(22)23/h4-5,8,11,14-15H,1-3,6-7,9-10H2,(H,22,23). The molecular formula is C18H21F2NO3. The van der Waals surface area contributed by atoms with E-state index in [1.54, 1.807) is 4.90 Å². The van der Waals surface area contributed by atoms with Crippen molar-refractivity contribution < 1.29 is 23.5 Å². The van der Waals surface area contributed by atoms with Crippen LogP contribution in [0.1, 0.15) is 43.6 Å². The number of aliphatic carboxylic acids is 1. The van der Waals surface area contributed by atoms with Gasteiger partial charge in [-0.05, 0) is 49.1 Å². The molecule has 1 N–H and O–H groups in total. The Labute approximate surface area is 139 Å². The molecule has 6 heteroatoms. The summed E-state index contributed by atoms with van der Waals surface area (Å²) in [6.45, 7) is 1.26. The number of likely N-dealkylation sites (tertiary alicyclic amines) is 1. The average Bonchev–Trinajstić information content (AvgIpc) is 3.33. The summed E-state index contributed by atoms with van der Waals surface area (Å²) in [6.07, 6.45) is 3.12. The van der Waals surface area contributed by atoms with Crippen LogP contribution in [0.3, 0.4) is 0 Å². The maximum Gasteiger partial charge on any atom is 0.303 e. The molecule has 1 amide bonds. The van der Waals surface area contributed by atoms with Gasteiger partial charge in [-0.1, -0.05) is 6.07 Å². The lowest BCUT2D eigenvalue weighted by Crippen LogP contribution is -2.41. The number of piperidine rings is 1. The summed E-state index contributed by atoms with van der Waals surface area (Å²) in [4.78, 5) is 25.1. The van der Waals surface area contributed by atoms with Gasteiger partial charge in [0.05, 0.1) is 0 Å². The van der Waals surface area contributed by atoms with Crippen molar-refractivity contribution in [3.63, 3.8) is 0 Å². The predicted octanol–water partition coefficient (Wildman–Crippen LogP) is 3.17. The van der Waals surface area contributed by atoms with Crippen LogP contribution < -0.4 is 0 Å². The number of carbonyl (C=O) groups is 2. The highest BCUT2D eigenvalue weighted by Crippen LogP contribution is 2.49. The Balaban J connectivity index is 1.58. The summed E-state index contributed by atoms with van der Waals surface area (Å²) in [7, 11) is 0. The molecule has 1 aromatic carbocycles. The first-order valence-electron chi connectivity index (χ1n) is 8.41. The van der Waals surface area contributed by atoms with Crippen molar-refractivity contribution in [3.05, 3.63) is 35.4 Å². The van der Waals surface area contributed by atoms with Crippen molar-refractivity contribution in [3.8, 4) is 0 Å². The molecule has 1 heterocycles. The number of carboxylic acids is 1. The van der Waals surface area contributed by atoms with Gasteiger partial charge in [0.15, 0.2) is 0 Å². The molecule has 0 radical (unpaired) electrons. The van der Waals surface area contributed by atoms with Gasteiger partial charge in [-0.15, -0.1) is 0 Å². The van der Waals surface area contributed by atoms with Gasteiger partial charge >= 0.3 is 5.97 Å². The highest BCUT2D eigenvalue weighted by atomic mass is 19.1. The molecule has 0 spiro atoms.